The Labute approximate surface area is 133 Å². The number of esters is 1. The minimum atomic E-state index is -1.97. The van der Waals surface area contributed by atoms with Crippen molar-refractivity contribution >= 4 is 11.9 Å². The molecule has 1 aromatic carbocycles. The SMILES string of the molecule is CC(=O)Oc1c(C)c(C)c2c(c1C)[C@@H](O)[C@@H](O)[C@](C)(C(=O)O)O2. The van der Waals surface area contributed by atoms with Crippen LogP contribution in [-0.2, 0) is 9.59 Å². The topological polar surface area (TPSA) is 113 Å². The number of fused-ring (bicyclic) bond motifs is 1. The molecule has 3 N–H and O–H groups in total. The molecule has 0 spiro atoms. The number of aliphatic carboxylic acids is 1. The lowest BCUT2D eigenvalue weighted by Crippen LogP contribution is -2.57. The lowest BCUT2D eigenvalue weighted by molar-refractivity contribution is -0.178. The van der Waals surface area contributed by atoms with E-state index in [4.69, 9.17) is 9.47 Å². The van der Waals surface area contributed by atoms with E-state index in [0.29, 0.717) is 16.7 Å². The van der Waals surface area contributed by atoms with Gasteiger partial charge >= 0.3 is 11.9 Å². The van der Waals surface area contributed by atoms with Crippen LogP contribution in [0, 0.1) is 20.8 Å². The van der Waals surface area contributed by atoms with E-state index < -0.39 is 29.7 Å². The van der Waals surface area contributed by atoms with Crippen molar-refractivity contribution in [2.24, 2.45) is 0 Å². The van der Waals surface area contributed by atoms with Gasteiger partial charge in [-0.2, -0.15) is 0 Å². The summed E-state index contributed by atoms with van der Waals surface area (Å²) in [5.41, 5.74) is -0.167. The summed E-state index contributed by atoms with van der Waals surface area (Å²) >= 11 is 0. The van der Waals surface area contributed by atoms with Crippen molar-refractivity contribution in [1.82, 2.24) is 0 Å². The van der Waals surface area contributed by atoms with Gasteiger partial charge in [-0.05, 0) is 38.8 Å². The van der Waals surface area contributed by atoms with E-state index in [2.05, 4.69) is 0 Å². The molecule has 0 bridgehead atoms. The summed E-state index contributed by atoms with van der Waals surface area (Å²) in [4.78, 5) is 22.8. The molecule has 7 nitrogen and oxygen atoms in total. The van der Waals surface area contributed by atoms with E-state index in [0.717, 1.165) is 0 Å². The molecule has 23 heavy (non-hydrogen) atoms. The second-order valence-electron chi connectivity index (χ2n) is 5.94. The van der Waals surface area contributed by atoms with Crippen LogP contribution >= 0.6 is 0 Å². The molecule has 0 aliphatic carbocycles. The molecule has 3 atom stereocenters. The number of aliphatic hydroxyl groups excluding tert-OH is 2. The van der Waals surface area contributed by atoms with Gasteiger partial charge in [-0.1, -0.05) is 0 Å². The molecule has 1 aliphatic rings. The van der Waals surface area contributed by atoms with E-state index >= 15 is 0 Å². The molecule has 0 saturated heterocycles. The number of hydrogen-bond donors (Lipinski definition) is 3. The van der Waals surface area contributed by atoms with Crippen molar-refractivity contribution in [3.05, 3.63) is 22.3 Å². The Morgan fingerprint density at radius 2 is 1.70 bits per heavy atom. The standard InChI is InChI=1S/C16H20O7/c1-6-7(2)13-10(8(3)12(6)22-9(4)17)11(18)14(19)16(5,23-13)15(20)21/h11,14,18-19H,1-5H3,(H,20,21)/t11-,14-,16-/m1/s1. The van der Waals surface area contributed by atoms with Gasteiger partial charge in [0.05, 0.1) is 0 Å². The highest BCUT2D eigenvalue weighted by molar-refractivity contribution is 5.80. The van der Waals surface area contributed by atoms with Gasteiger partial charge < -0.3 is 24.8 Å². The first kappa shape index (κ1) is 17.2. The van der Waals surface area contributed by atoms with Gasteiger partial charge in [0.15, 0.2) is 0 Å². The zero-order chi connectivity index (χ0) is 17.7. The van der Waals surface area contributed by atoms with Gasteiger partial charge in [0.2, 0.25) is 5.60 Å². The Balaban J connectivity index is 2.74. The quantitative estimate of drug-likeness (QED) is 0.552. The van der Waals surface area contributed by atoms with Crippen molar-refractivity contribution in [3.63, 3.8) is 0 Å². The third-order valence-electron chi connectivity index (χ3n) is 4.38. The number of aliphatic hydroxyl groups is 2. The molecule has 0 unspecified atom stereocenters. The molecule has 1 heterocycles. The highest BCUT2D eigenvalue weighted by Crippen LogP contribution is 2.48. The fourth-order valence-electron chi connectivity index (χ4n) is 2.80. The maximum absolute atomic E-state index is 11.5. The first-order valence-electron chi connectivity index (χ1n) is 7.13. The number of carbonyl (C=O) groups is 2. The predicted molar refractivity (Wildman–Crippen MR) is 79.6 cm³/mol. The van der Waals surface area contributed by atoms with Crippen LogP contribution in [0.2, 0.25) is 0 Å². The second kappa shape index (κ2) is 5.50. The fraction of sp³-hybridized carbons (Fsp3) is 0.500. The largest absolute Gasteiger partial charge is 0.478 e. The van der Waals surface area contributed by atoms with E-state index in [1.54, 1.807) is 20.8 Å². The van der Waals surface area contributed by atoms with E-state index in [1.165, 1.54) is 13.8 Å². The molecule has 0 radical (unpaired) electrons. The molecule has 7 heteroatoms. The van der Waals surface area contributed by atoms with Gasteiger partial charge in [0.25, 0.3) is 0 Å². The van der Waals surface area contributed by atoms with Crippen LogP contribution in [0.4, 0.5) is 0 Å². The predicted octanol–water partition coefficient (Wildman–Crippen LogP) is 1.17. The lowest BCUT2D eigenvalue weighted by Gasteiger charge is -2.41. The number of carboxylic acids is 1. The van der Waals surface area contributed by atoms with Crippen molar-refractivity contribution in [3.8, 4) is 11.5 Å². The van der Waals surface area contributed by atoms with Crippen molar-refractivity contribution in [2.75, 3.05) is 0 Å². The smallest absolute Gasteiger partial charge is 0.350 e. The van der Waals surface area contributed by atoms with Crippen molar-refractivity contribution in [2.45, 2.75) is 52.4 Å². The Bertz CT molecular complexity index is 694. The van der Waals surface area contributed by atoms with E-state index in [1.807, 2.05) is 0 Å². The normalized spacial score (nSPS) is 26.2. The van der Waals surface area contributed by atoms with Crippen LogP contribution < -0.4 is 9.47 Å². The molecule has 0 saturated carbocycles. The van der Waals surface area contributed by atoms with Gasteiger partial charge in [-0.15, -0.1) is 0 Å². The summed E-state index contributed by atoms with van der Waals surface area (Å²) in [7, 11) is 0. The molecule has 0 aromatic heterocycles. The molecule has 2 rings (SSSR count). The first-order valence-corrected chi connectivity index (χ1v) is 7.13. The van der Waals surface area contributed by atoms with E-state index in [-0.39, 0.29) is 17.1 Å². The zero-order valence-corrected chi connectivity index (χ0v) is 13.6. The summed E-state index contributed by atoms with van der Waals surface area (Å²) in [6, 6.07) is 0. The van der Waals surface area contributed by atoms with Gasteiger partial charge in [-0.3, -0.25) is 4.79 Å². The summed E-state index contributed by atoms with van der Waals surface area (Å²) in [5.74, 6) is -1.42. The lowest BCUT2D eigenvalue weighted by atomic mass is 9.83. The number of benzene rings is 1. The highest BCUT2D eigenvalue weighted by atomic mass is 16.6. The van der Waals surface area contributed by atoms with Crippen LogP contribution in [0.25, 0.3) is 0 Å². The molecular formula is C16H20O7. The third-order valence-corrected chi connectivity index (χ3v) is 4.38. The Kier molecular flexibility index (Phi) is 4.13. The fourth-order valence-corrected chi connectivity index (χ4v) is 2.80. The maximum atomic E-state index is 11.5. The van der Waals surface area contributed by atoms with Crippen molar-refractivity contribution < 1.29 is 34.4 Å². The van der Waals surface area contributed by atoms with Crippen LogP contribution in [-0.4, -0.2) is 39.0 Å². The molecule has 126 valence electrons. The summed E-state index contributed by atoms with van der Waals surface area (Å²) in [6.45, 7) is 7.46. The van der Waals surface area contributed by atoms with Gasteiger partial charge in [0.1, 0.15) is 23.7 Å². The van der Waals surface area contributed by atoms with Crippen LogP contribution in [0.3, 0.4) is 0 Å². The second-order valence-corrected chi connectivity index (χ2v) is 5.94. The molecule has 1 aromatic rings. The number of rotatable bonds is 2. The van der Waals surface area contributed by atoms with Crippen LogP contribution in [0.15, 0.2) is 0 Å². The molecule has 0 amide bonds. The minimum absolute atomic E-state index is 0.193. The Morgan fingerprint density at radius 3 is 2.17 bits per heavy atom. The molecule has 1 aliphatic heterocycles. The summed E-state index contributed by atoms with van der Waals surface area (Å²) in [6.07, 6.45) is -3.15. The Hall–Kier alpha value is -2.12. The first-order chi connectivity index (χ1) is 10.5. The van der Waals surface area contributed by atoms with Gasteiger partial charge in [-0.25, -0.2) is 4.79 Å². The molecular weight excluding hydrogens is 304 g/mol. The van der Waals surface area contributed by atoms with Crippen LogP contribution in [0.5, 0.6) is 11.5 Å². The number of carboxylic acid groups (broad SMARTS) is 1. The number of carbonyl (C=O) groups excluding carboxylic acids is 1. The highest BCUT2D eigenvalue weighted by Gasteiger charge is 2.52. The number of hydrogen-bond acceptors (Lipinski definition) is 6. The third kappa shape index (κ3) is 2.46. The summed E-state index contributed by atoms with van der Waals surface area (Å²) in [5, 5.41) is 30.0. The van der Waals surface area contributed by atoms with E-state index in [9.17, 15) is 24.9 Å². The van der Waals surface area contributed by atoms with Crippen molar-refractivity contribution in [1.29, 1.82) is 0 Å². The monoisotopic (exact) mass is 324 g/mol. The minimum Gasteiger partial charge on any atom is -0.478 e. The van der Waals surface area contributed by atoms with Gasteiger partial charge in [0, 0.05) is 18.1 Å². The zero-order valence-electron chi connectivity index (χ0n) is 13.6. The molecule has 0 fully saturated rings. The Morgan fingerprint density at radius 1 is 1.13 bits per heavy atom. The summed E-state index contributed by atoms with van der Waals surface area (Å²) < 4.78 is 10.8. The average molecular weight is 324 g/mol. The van der Waals surface area contributed by atoms with Crippen LogP contribution in [0.1, 0.15) is 42.2 Å². The maximum Gasteiger partial charge on any atom is 0.350 e. The number of ether oxygens (including phenoxy) is 2. The average Bonchev–Trinajstić information content (AvgIpc) is 2.46.